The predicted octanol–water partition coefficient (Wildman–Crippen LogP) is 4.74. The minimum atomic E-state index is -0.892. The van der Waals surface area contributed by atoms with Crippen LogP contribution in [-0.4, -0.2) is 26.8 Å². The minimum Gasteiger partial charge on any atom is -0.465 e. The molecule has 0 unspecified atom stereocenters. The zero-order valence-corrected chi connectivity index (χ0v) is 16.0. The maximum Gasteiger partial charge on any atom is 0.412 e. The maximum absolute atomic E-state index is 11.7. The van der Waals surface area contributed by atoms with Crippen LogP contribution in [0.3, 0.4) is 0 Å². The minimum absolute atomic E-state index is 0.00580. The molecule has 27 heavy (non-hydrogen) atoms. The Morgan fingerprint density at radius 2 is 2.00 bits per heavy atom. The number of hydrogen-bond acceptors (Lipinski definition) is 2. The van der Waals surface area contributed by atoms with Gasteiger partial charge in [0.25, 0.3) is 0 Å². The lowest BCUT2D eigenvalue weighted by atomic mass is 9.96. The molecule has 1 N–H and O–H groups in total. The van der Waals surface area contributed by atoms with Crippen molar-refractivity contribution in [2.45, 2.75) is 45.1 Å². The highest BCUT2D eigenvalue weighted by atomic mass is 16.4. The molecule has 1 aliphatic rings. The molecule has 140 valence electrons. The van der Waals surface area contributed by atoms with E-state index in [0.717, 1.165) is 47.4 Å². The number of carboxylic acid groups (broad SMARTS) is 1. The third kappa shape index (κ3) is 2.97. The quantitative estimate of drug-likeness (QED) is 0.731. The average Bonchev–Trinajstić information content (AvgIpc) is 2.97. The largest absolute Gasteiger partial charge is 0.465 e. The second-order valence-electron chi connectivity index (χ2n) is 7.57. The number of amides is 1. The van der Waals surface area contributed by atoms with Gasteiger partial charge < -0.3 is 9.67 Å². The first-order chi connectivity index (χ1) is 13.0. The van der Waals surface area contributed by atoms with Crippen LogP contribution < -0.4 is 4.90 Å². The molecule has 2 heterocycles. The first-order valence-corrected chi connectivity index (χ1v) is 9.51. The first kappa shape index (κ1) is 17.6. The van der Waals surface area contributed by atoms with Gasteiger partial charge in [0.2, 0.25) is 0 Å². The van der Waals surface area contributed by atoms with E-state index in [1.165, 1.54) is 10.5 Å². The number of aryl methyl sites for hydroxylation is 2. The van der Waals surface area contributed by atoms with Crippen LogP contribution in [0.5, 0.6) is 0 Å². The Morgan fingerprint density at radius 1 is 1.26 bits per heavy atom. The van der Waals surface area contributed by atoms with E-state index in [4.69, 9.17) is 4.98 Å². The number of aromatic nitrogens is 2. The van der Waals surface area contributed by atoms with Crippen LogP contribution in [0.25, 0.3) is 11.0 Å². The summed E-state index contributed by atoms with van der Waals surface area (Å²) in [4.78, 5) is 18.2. The van der Waals surface area contributed by atoms with Crippen molar-refractivity contribution < 1.29 is 9.90 Å². The van der Waals surface area contributed by atoms with E-state index in [1.807, 2.05) is 25.1 Å². The van der Waals surface area contributed by atoms with Gasteiger partial charge >= 0.3 is 6.09 Å². The van der Waals surface area contributed by atoms with Gasteiger partial charge in [-0.1, -0.05) is 37.3 Å². The van der Waals surface area contributed by atoms with Gasteiger partial charge in [-0.05, 0) is 43.4 Å². The van der Waals surface area contributed by atoms with Crippen molar-refractivity contribution in [1.29, 1.82) is 0 Å². The van der Waals surface area contributed by atoms with Crippen molar-refractivity contribution in [3.8, 4) is 0 Å². The average molecular weight is 363 g/mol. The first-order valence-electron chi connectivity index (χ1n) is 9.51. The van der Waals surface area contributed by atoms with Crippen LogP contribution in [0.2, 0.25) is 0 Å². The van der Waals surface area contributed by atoms with E-state index in [1.54, 1.807) is 0 Å². The summed E-state index contributed by atoms with van der Waals surface area (Å²) < 4.78 is 2.15. The lowest BCUT2D eigenvalue weighted by Gasteiger charge is -2.33. The molecular weight excluding hydrogens is 338 g/mol. The van der Waals surface area contributed by atoms with Gasteiger partial charge in [0, 0.05) is 25.1 Å². The number of anilines is 1. The summed E-state index contributed by atoms with van der Waals surface area (Å²) >= 11 is 0. The lowest BCUT2D eigenvalue weighted by molar-refractivity contribution is 0.198. The van der Waals surface area contributed by atoms with Crippen LogP contribution in [0.15, 0.2) is 42.5 Å². The van der Waals surface area contributed by atoms with E-state index in [0.29, 0.717) is 5.92 Å². The topological polar surface area (TPSA) is 58.4 Å². The molecule has 3 aromatic rings. The maximum atomic E-state index is 11.7. The molecule has 2 atom stereocenters. The summed E-state index contributed by atoms with van der Waals surface area (Å²) in [6, 6.07) is 14.4. The molecule has 1 aromatic heterocycles. The Labute approximate surface area is 159 Å². The summed E-state index contributed by atoms with van der Waals surface area (Å²) in [7, 11) is 2.05. The van der Waals surface area contributed by atoms with Gasteiger partial charge in [0.15, 0.2) is 0 Å². The zero-order valence-electron chi connectivity index (χ0n) is 16.0. The van der Waals surface area contributed by atoms with E-state index < -0.39 is 6.09 Å². The van der Waals surface area contributed by atoms with Crippen molar-refractivity contribution in [2.75, 3.05) is 4.90 Å². The molecule has 2 aromatic carbocycles. The Kier molecular flexibility index (Phi) is 4.38. The van der Waals surface area contributed by atoms with Crippen molar-refractivity contribution >= 4 is 22.8 Å². The van der Waals surface area contributed by atoms with Gasteiger partial charge in [0.1, 0.15) is 5.82 Å². The standard InChI is InChI=1S/C22H25N3O2/c1-14(16-7-5-4-6-8-16)13-20-23-21-17-10-9-15(2)25(22(26)27)18(17)11-12-19(21)24(20)3/h4-8,11-12,14-15H,9-10,13H2,1-3H3,(H,26,27)/t14-,15+/m1/s1. The molecule has 4 rings (SSSR count). The summed E-state index contributed by atoms with van der Waals surface area (Å²) in [6.07, 6.45) is 1.65. The number of fused-ring (bicyclic) bond motifs is 3. The van der Waals surface area contributed by atoms with Gasteiger partial charge in [0.05, 0.1) is 16.7 Å². The molecule has 0 saturated carbocycles. The van der Waals surface area contributed by atoms with Gasteiger partial charge in [-0.3, -0.25) is 4.90 Å². The van der Waals surface area contributed by atoms with Gasteiger partial charge in [-0.15, -0.1) is 0 Å². The van der Waals surface area contributed by atoms with Crippen LogP contribution in [0, 0.1) is 0 Å². The molecule has 1 aliphatic heterocycles. The van der Waals surface area contributed by atoms with Crippen molar-refractivity contribution in [3.63, 3.8) is 0 Å². The normalized spacial score (nSPS) is 17.7. The molecular formula is C22H25N3O2. The number of imidazole rings is 1. The molecule has 5 heteroatoms. The Morgan fingerprint density at radius 3 is 2.70 bits per heavy atom. The van der Waals surface area contributed by atoms with Crippen LogP contribution in [0.1, 0.15) is 43.1 Å². The Hall–Kier alpha value is -2.82. The van der Waals surface area contributed by atoms with Crippen LogP contribution in [-0.2, 0) is 19.9 Å². The van der Waals surface area contributed by atoms with E-state index in [9.17, 15) is 9.90 Å². The van der Waals surface area contributed by atoms with E-state index >= 15 is 0 Å². The number of hydrogen-bond donors (Lipinski definition) is 1. The number of nitrogens with zero attached hydrogens (tertiary/aromatic N) is 3. The highest BCUT2D eigenvalue weighted by molar-refractivity contribution is 5.94. The third-order valence-electron chi connectivity index (χ3n) is 5.80. The van der Waals surface area contributed by atoms with Crippen LogP contribution in [0.4, 0.5) is 10.5 Å². The molecule has 0 bridgehead atoms. The van der Waals surface area contributed by atoms with Crippen molar-refractivity contribution in [1.82, 2.24) is 9.55 Å². The number of benzene rings is 2. The molecule has 0 spiro atoms. The summed E-state index contributed by atoms with van der Waals surface area (Å²) in [5.41, 5.74) is 5.17. The zero-order chi connectivity index (χ0) is 19.1. The van der Waals surface area contributed by atoms with E-state index in [-0.39, 0.29) is 6.04 Å². The second-order valence-corrected chi connectivity index (χ2v) is 7.57. The van der Waals surface area contributed by atoms with Crippen LogP contribution >= 0.6 is 0 Å². The van der Waals surface area contributed by atoms with E-state index in [2.05, 4.69) is 42.8 Å². The molecule has 0 fully saturated rings. The van der Waals surface area contributed by atoms with Crippen molar-refractivity contribution in [2.24, 2.45) is 7.05 Å². The molecule has 0 aliphatic carbocycles. The summed E-state index contributed by atoms with van der Waals surface area (Å²) in [5.74, 6) is 1.41. The summed E-state index contributed by atoms with van der Waals surface area (Å²) in [6.45, 7) is 4.19. The SMILES string of the molecule is C[C@H](Cc1nc2c3c(ccc2n1C)N(C(=O)O)[C@@H](C)CC3)c1ccccc1. The highest BCUT2D eigenvalue weighted by Gasteiger charge is 2.30. The smallest absolute Gasteiger partial charge is 0.412 e. The molecule has 0 saturated heterocycles. The Bertz CT molecular complexity index is 994. The third-order valence-corrected chi connectivity index (χ3v) is 5.80. The second kappa shape index (κ2) is 6.72. The van der Waals surface area contributed by atoms with Gasteiger partial charge in [-0.25, -0.2) is 9.78 Å². The molecule has 1 amide bonds. The fourth-order valence-corrected chi connectivity index (χ4v) is 4.19. The highest BCUT2D eigenvalue weighted by Crippen LogP contribution is 2.36. The fourth-order valence-electron chi connectivity index (χ4n) is 4.19. The van der Waals surface area contributed by atoms with Crippen molar-refractivity contribution in [3.05, 3.63) is 59.4 Å². The molecule has 5 nitrogen and oxygen atoms in total. The number of rotatable bonds is 3. The summed E-state index contributed by atoms with van der Waals surface area (Å²) in [5, 5.41) is 9.63. The van der Waals surface area contributed by atoms with Gasteiger partial charge in [-0.2, -0.15) is 0 Å². The monoisotopic (exact) mass is 363 g/mol. The lowest BCUT2D eigenvalue weighted by Crippen LogP contribution is -2.41. The Balaban J connectivity index is 1.75. The predicted molar refractivity (Wildman–Crippen MR) is 108 cm³/mol. The fraction of sp³-hybridized carbons (Fsp3) is 0.364. The molecule has 0 radical (unpaired) electrons. The number of carbonyl (C=O) groups is 1.